The number of hydrogen-bond acceptors (Lipinski definition) is 6. The first-order valence-electron chi connectivity index (χ1n) is 9.34. The number of aliphatic hydroxyl groups is 1. The fraction of sp³-hybridized carbons (Fsp3) is 0.450. The molecule has 0 bridgehead atoms. The monoisotopic (exact) mass is 423 g/mol. The number of para-hydroxylation sites is 1. The first kappa shape index (κ1) is 21.1. The number of nitrogens with one attached hydrogen (secondary N) is 1. The number of benzene rings is 1. The van der Waals surface area contributed by atoms with Crippen molar-refractivity contribution in [3.63, 3.8) is 0 Å². The standard InChI is InChI=1S/C20H26ClN3O3S/c1-15-10-20(28-14-15)22-19(26)12-24-8-6-23(7-9-24)11-16(25)13-27-18-5-3-2-4-17(18)21/h2-5,10,14,16,25H,6-9,11-13H2,1H3,(H,22,26). The van der Waals surface area contributed by atoms with E-state index in [2.05, 4.69) is 15.1 Å². The number of aliphatic hydroxyl groups excluding tert-OH is 1. The lowest BCUT2D eigenvalue weighted by molar-refractivity contribution is -0.117. The fourth-order valence-corrected chi connectivity index (χ4v) is 4.10. The summed E-state index contributed by atoms with van der Waals surface area (Å²) in [5.74, 6) is 0.600. The number of anilines is 1. The number of piperazine rings is 1. The average Bonchev–Trinajstić information content (AvgIpc) is 3.07. The molecule has 1 aromatic carbocycles. The topological polar surface area (TPSA) is 65.0 Å². The van der Waals surface area contributed by atoms with Gasteiger partial charge >= 0.3 is 0 Å². The Hall–Kier alpha value is -1.64. The Labute approximate surface area is 174 Å². The van der Waals surface area contributed by atoms with Gasteiger partial charge in [0.15, 0.2) is 0 Å². The van der Waals surface area contributed by atoms with Crippen molar-refractivity contribution in [1.29, 1.82) is 0 Å². The Morgan fingerprint density at radius 3 is 2.68 bits per heavy atom. The minimum absolute atomic E-state index is 0.0171. The van der Waals surface area contributed by atoms with Gasteiger partial charge in [0, 0.05) is 32.7 Å². The molecular formula is C20H26ClN3O3S. The van der Waals surface area contributed by atoms with Crippen molar-refractivity contribution in [2.45, 2.75) is 13.0 Å². The van der Waals surface area contributed by atoms with Gasteiger partial charge in [0.2, 0.25) is 5.91 Å². The van der Waals surface area contributed by atoms with E-state index < -0.39 is 6.10 Å². The summed E-state index contributed by atoms with van der Waals surface area (Å²) < 4.78 is 5.60. The van der Waals surface area contributed by atoms with Crippen LogP contribution in [-0.2, 0) is 4.79 Å². The van der Waals surface area contributed by atoms with Gasteiger partial charge in [-0.05, 0) is 36.1 Å². The van der Waals surface area contributed by atoms with Gasteiger partial charge in [-0.3, -0.25) is 14.6 Å². The van der Waals surface area contributed by atoms with Crippen LogP contribution in [0, 0.1) is 6.92 Å². The van der Waals surface area contributed by atoms with Gasteiger partial charge in [-0.2, -0.15) is 0 Å². The van der Waals surface area contributed by atoms with E-state index in [0.717, 1.165) is 36.7 Å². The molecule has 2 aromatic rings. The number of hydrogen-bond donors (Lipinski definition) is 2. The molecule has 0 saturated carbocycles. The second kappa shape index (κ2) is 10.2. The number of carbonyl (C=O) groups excluding carboxylic acids is 1. The van der Waals surface area contributed by atoms with E-state index in [1.165, 1.54) is 0 Å². The Balaban J connectivity index is 1.34. The van der Waals surface area contributed by atoms with Crippen molar-refractivity contribution in [2.75, 3.05) is 51.2 Å². The molecule has 152 valence electrons. The molecule has 8 heteroatoms. The summed E-state index contributed by atoms with van der Waals surface area (Å²) in [5.41, 5.74) is 1.16. The van der Waals surface area contributed by atoms with Crippen LogP contribution in [0.5, 0.6) is 5.75 Å². The SMILES string of the molecule is Cc1csc(NC(=O)CN2CCN(CC(O)COc3ccccc3Cl)CC2)c1. The van der Waals surface area contributed by atoms with Crippen molar-refractivity contribution in [1.82, 2.24) is 9.80 Å². The maximum absolute atomic E-state index is 12.2. The smallest absolute Gasteiger partial charge is 0.239 e. The maximum Gasteiger partial charge on any atom is 0.239 e. The highest BCUT2D eigenvalue weighted by Crippen LogP contribution is 2.23. The number of thiophene rings is 1. The second-order valence-corrected chi connectivity index (χ2v) is 8.33. The highest BCUT2D eigenvalue weighted by Gasteiger charge is 2.21. The third-order valence-electron chi connectivity index (χ3n) is 4.56. The molecule has 6 nitrogen and oxygen atoms in total. The molecular weight excluding hydrogens is 398 g/mol. The summed E-state index contributed by atoms with van der Waals surface area (Å²) in [5, 5.41) is 16.6. The van der Waals surface area contributed by atoms with E-state index in [4.69, 9.17) is 16.3 Å². The van der Waals surface area contributed by atoms with Crippen LogP contribution < -0.4 is 10.1 Å². The van der Waals surface area contributed by atoms with Crippen LogP contribution in [0.25, 0.3) is 0 Å². The molecule has 3 rings (SSSR count). The van der Waals surface area contributed by atoms with Crippen molar-refractivity contribution < 1.29 is 14.6 Å². The van der Waals surface area contributed by atoms with Crippen molar-refractivity contribution in [3.8, 4) is 5.75 Å². The van der Waals surface area contributed by atoms with E-state index in [1.807, 2.05) is 30.5 Å². The number of aryl methyl sites for hydroxylation is 1. The van der Waals surface area contributed by atoms with E-state index >= 15 is 0 Å². The number of carbonyl (C=O) groups is 1. The van der Waals surface area contributed by atoms with Crippen LogP contribution in [0.3, 0.4) is 0 Å². The van der Waals surface area contributed by atoms with Crippen LogP contribution in [0.2, 0.25) is 5.02 Å². The summed E-state index contributed by atoms with van der Waals surface area (Å²) in [6, 6.07) is 9.22. The molecule has 1 fully saturated rings. The molecule has 1 saturated heterocycles. The minimum atomic E-state index is -0.590. The summed E-state index contributed by atoms with van der Waals surface area (Å²) >= 11 is 7.60. The summed E-state index contributed by atoms with van der Waals surface area (Å²) in [6.45, 7) is 6.38. The van der Waals surface area contributed by atoms with Crippen LogP contribution in [0.1, 0.15) is 5.56 Å². The first-order chi connectivity index (χ1) is 13.5. The van der Waals surface area contributed by atoms with Crippen molar-refractivity contribution >= 4 is 33.8 Å². The Morgan fingerprint density at radius 2 is 2.00 bits per heavy atom. The molecule has 0 spiro atoms. The van der Waals surface area contributed by atoms with Gasteiger partial charge in [0.1, 0.15) is 18.5 Å². The number of halogens is 1. The van der Waals surface area contributed by atoms with E-state index in [0.29, 0.717) is 23.9 Å². The van der Waals surface area contributed by atoms with E-state index in [1.54, 1.807) is 23.5 Å². The lowest BCUT2D eigenvalue weighted by Crippen LogP contribution is -2.50. The van der Waals surface area contributed by atoms with Crippen LogP contribution >= 0.6 is 22.9 Å². The molecule has 28 heavy (non-hydrogen) atoms. The normalized spacial score (nSPS) is 16.7. The molecule has 1 amide bonds. The molecule has 0 radical (unpaired) electrons. The van der Waals surface area contributed by atoms with E-state index in [-0.39, 0.29) is 12.5 Å². The largest absolute Gasteiger partial charge is 0.489 e. The number of rotatable bonds is 8. The molecule has 2 N–H and O–H groups in total. The number of ether oxygens (including phenoxy) is 1. The van der Waals surface area contributed by atoms with Crippen molar-refractivity contribution in [3.05, 3.63) is 46.3 Å². The quantitative estimate of drug-likeness (QED) is 0.683. The van der Waals surface area contributed by atoms with Gasteiger partial charge in [-0.1, -0.05) is 23.7 Å². The molecule has 1 aliphatic heterocycles. The maximum atomic E-state index is 12.2. The highest BCUT2D eigenvalue weighted by atomic mass is 35.5. The summed E-state index contributed by atoms with van der Waals surface area (Å²) in [6.07, 6.45) is -0.590. The minimum Gasteiger partial charge on any atom is -0.489 e. The van der Waals surface area contributed by atoms with Crippen LogP contribution in [-0.4, -0.2) is 72.8 Å². The number of nitrogens with zero attached hydrogens (tertiary/aromatic N) is 2. The first-order valence-corrected chi connectivity index (χ1v) is 10.6. The van der Waals surface area contributed by atoms with Gasteiger partial charge in [-0.15, -0.1) is 11.3 Å². The van der Waals surface area contributed by atoms with Crippen molar-refractivity contribution in [2.24, 2.45) is 0 Å². The van der Waals surface area contributed by atoms with Gasteiger partial charge in [0.25, 0.3) is 0 Å². The molecule has 1 aromatic heterocycles. The highest BCUT2D eigenvalue weighted by molar-refractivity contribution is 7.14. The van der Waals surface area contributed by atoms with E-state index in [9.17, 15) is 9.90 Å². The Morgan fingerprint density at radius 1 is 1.29 bits per heavy atom. The predicted octanol–water partition coefficient (Wildman–Crippen LogP) is 2.71. The van der Waals surface area contributed by atoms with Gasteiger partial charge in [0.05, 0.1) is 16.6 Å². The number of β-amino-alcohol motifs (C(OH)–C–C–N with tert-alkyl or cyclic N) is 1. The van der Waals surface area contributed by atoms with Gasteiger partial charge in [-0.25, -0.2) is 0 Å². The summed E-state index contributed by atoms with van der Waals surface area (Å²) in [7, 11) is 0. The lowest BCUT2D eigenvalue weighted by Gasteiger charge is -2.35. The third-order valence-corrected chi connectivity index (χ3v) is 5.84. The van der Waals surface area contributed by atoms with Crippen LogP contribution in [0.4, 0.5) is 5.00 Å². The Kier molecular flexibility index (Phi) is 7.70. The zero-order chi connectivity index (χ0) is 19.9. The molecule has 1 aliphatic rings. The van der Waals surface area contributed by atoms with Crippen LogP contribution in [0.15, 0.2) is 35.7 Å². The number of amides is 1. The molecule has 2 heterocycles. The lowest BCUT2D eigenvalue weighted by atomic mass is 10.2. The average molecular weight is 424 g/mol. The third kappa shape index (κ3) is 6.46. The molecule has 1 unspecified atom stereocenters. The summed E-state index contributed by atoms with van der Waals surface area (Å²) in [4.78, 5) is 16.5. The predicted molar refractivity (Wildman–Crippen MR) is 114 cm³/mol. The second-order valence-electron chi connectivity index (χ2n) is 7.01. The molecule has 1 atom stereocenters. The zero-order valence-corrected chi connectivity index (χ0v) is 17.5. The Bertz CT molecular complexity index is 778. The van der Waals surface area contributed by atoms with Gasteiger partial charge < -0.3 is 15.2 Å². The fourth-order valence-electron chi connectivity index (χ4n) is 3.11. The zero-order valence-electron chi connectivity index (χ0n) is 15.9. The molecule has 0 aliphatic carbocycles.